The van der Waals surface area contributed by atoms with Crippen molar-refractivity contribution in [2.45, 2.75) is 50.6 Å². The Balaban J connectivity index is 1.27. The summed E-state index contributed by atoms with van der Waals surface area (Å²) in [5.41, 5.74) is 2.31. The number of hydrogen-bond donors (Lipinski definition) is 2. The number of fused-ring (bicyclic) bond motifs is 1. The monoisotopic (exact) mass is 446 g/mol. The lowest BCUT2D eigenvalue weighted by Crippen LogP contribution is -2.43. The summed E-state index contributed by atoms with van der Waals surface area (Å²) in [6.07, 6.45) is 12.1. The molecule has 3 aromatic heterocycles. The van der Waals surface area contributed by atoms with Gasteiger partial charge >= 0.3 is 0 Å². The summed E-state index contributed by atoms with van der Waals surface area (Å²) in [6.45, 7) is 6.25. The predicted octanol–water partition coefficient (Wildman–Crippen LogP) is 3.62. The summed E-state index contributed by atoms with van der Waals surface area (Å²) in [5.74, 6) is 3.46. The summed E-state index contributed by atoms with van der Waals surface area (Å²) < 4.78 is 5.76. The molecule has 2 fully saturated rings. The van der Waals surface area contributed by atoms with Crippen LogP contribution in [-0.2, 0) is 0 Å². The molecule has 6 rings (SSSR count). The van der Waals surface area contributed by atoms with Crippen molar-refractivity contribution in [3.8, 4) is 0 Å². The Morgan fingerprint density at radius 3 is 2.64 bits per heavy atom. The van der Waals surface area contributed by atoms with Gasteiger partial charge in [0.05, 0.1) is 24.1 Å². The molecule has 0 amide bonds. The molecule has 1 aliphatic carbocycles. The molecule has 3 aliphatic rings. The average molecular weight is 447 g/mol. The number of oxazole rings is 1. The second-order valence-electron chi connectivity index (χ2n) is 9.22. The van der Waals surface area contributed by atoms with Crippen molar-refractivity contribution in [1.82, 2.24) is 25.3 Å². The van der Waals surface area contributed by atoms with Gasteiger partial charge in [0.15, 0.2) is 6.39 Å². The van der Waals surface area contributed by atoms with Gasteiger partial charge in [0, 0.05) is 49.9 Å². The quantitative estimate of drug-likeness (QED) is 0.609. The van der Waals surface area contributed by atoms with Crippen LogP contribution in [0.2, 0.25) is 0 Å². The number of piperazine rings is 1. The average Bonchev–Trinajstić information content (AvgIpc) is 3.61. The molecule has 2 aliphatic heterocycles. The van der Waals surface area contributed by atoms with E-state index in [0.29, 0.717) is 12.0 Å². The predicted molar refractivity (Wildman–Crippen MR) is 127 cm³/mol. The first-order chi connectivity index (χ1) is 16.3. The first kappa shape index (κ1) is 20.4. The van der Waals surface area contributed by atoms with Crippen LogP contribution in [0, 0.1) is 0 Å². The van der Waals surface area contributed by atoms with E-state index in [0.717, 1.165) is 54.8 Å². The van der Waals surface area contributed by atoms with E-state index < -0.39 is 0 Å². The molecule has 172 valence electrons. The molecule has 0 aromatic carbocycles. The van der Waals surface area contributed by atoms with Crippen molar-refractivity contribution >= 4 is 23.3 Å². The van der Waals surface area contributed by atoms with E-state index in [1.54, 1.807) is 0 Å². The molecule has 0 bridgehead atoms. The van der Waals surface area contributed by atoms with Crippen LogP contribution in [0.4, 0.5) is 23.3 Å². The first-order valence-corrected chi connectivity index (χ1v) is 12.0. The molecule has 2 atom stereocenters. The Bertz CT molecular complexity index is 1070. The lowest BCUT2D eigenvalue weighted by atomic mass is 9.97. The van der Waals surface area contributed by atoms with E-state index in [-0.39, 0.29) is 12.0 Å². The maximum absolute atomic E-state index is 5.76. The molecule has 33 heavy (non-hydrogen) atoms. The van der Waals surface area contributed by atoms with E-state index >= 15 is 0 Å². The van der Waals surface area contributed by atoms with E-state index in [4.69, 9.17) is 9.40 Å². The van der Waals surface area contributed by atoms with E-state index in [1.807, 2.05) is 24.7 Å². The Hall–Kier alpha value is -3.20. The van der Waals surface area contributed by atoms with Crippen molar-refractivity contribution in [3.63, 3.8) is 0 Å². The fourth-order valence-electron chi connectivity index (χ4n) is 5.54. The van der Waals surface area contributed by atoms with Gasteiger partial charge in [0.25, 0.3) is 0 Å². The zero-order valence-corrected chi connectivity index (χ0v) is 18.9. The lowest BCUT2D eigenvalue weighted by molar-refractivity contribution is 0.405. The SMILES string of the molecule is CC1c2cnc(Nc3ccc(N4CCNCC4)cn3)nc2N(C2CCCC2)C1c1cnco1. The second-order valence-corrected chi connectivity index (χ2v) is 9.22. The van der Waals surface area contributed by atoms with Crippen LogP contribution < -0.4 is 20.4 Å². The van der Waals surface area contributed by atoms with Gasteiger partial charge in [-0.05, 0) is 25.0 Å². The Labute approximate surface area is 193 Å². The minimum atomic E-state index is 0.103. The van der Waals surface area contributed by atoms with Crippen LogP contribution in [0.15, 0.2) is 41.5 Å². The second kappa shape index (κ2) is 8.62. The maximum atomic E-state index is 5.76. The zero-order valence-electron chi connectivity index (χ0n) is 18.9. The summed E-state index contributed by atoms with van der Waals surface area (Å²) >= 11 is 0. The zero-order chi connectivity index (χ0) is 22.2. The van der Waals surface area contributed by atoms with E-state index in [9.17, 15) is 0 Å². The van der Waals surface area contributed by atoms with Crippen LogP contribution in [0.1, 0.15) is 55.9 Å². The lowest BCUT2D eigenvalue weighted by Gasteiger charge is -2.32. The third-order valence-corrected chi connectivity index (χ3v) is 7.24. The summed E-state index contributed by atoms with van der Waals surface area (Å²) in [6, 6.07) is 4.68. The van der Waals surface area contributed by atoms with Gasteiger partial charge in [-0.25, -0.2) is 15.0 Å². The van der Waals surface area contributed by atoms with Crippen molar-refractivity contribution in [1.29, 1.82) is 0 Å². The topological polar surface area (TPSA) is 95.2 Å². The van der Waals surface area contributed by atoms with E-state index in [1.165, 1.54) is 32.1 Å². The van der Waals surface area contributed by atoms with Crippen molar-refractivity contribution in [2.75, 3.05) is 41.3 Å². The minimum absolute atomic E-state index is 0.103. The molecule has 0 radical (unpaired) electrons. The van der Waals surface area contributed by atoms with E-state index in [2.05, 4.69) is 48.4 Å². The molecule has 9 heteroatoms. The Morgan fingerprint density at radius 2 is 1.91 bits per heavy atom. The van der Waals surface area contributed by atoms with Gasteiger partial charge in [0.2, 0.25) is 5.95 Å². The number of nitrogens with one attached hydrogen (secondary N) is 2. The number of aromatic nitrogens is 4. The van der Waals surface area contributed by atoms with Gasteiger partial charge in [-0.15, -0.1) is 0 Å². The molecule has 3 aromatic rings. The van der Waals surface area contributed by atoms with Crippen molar-refractivity contribution in [3.05, 3.63) is 48.4 Å². The molecule has 9 nitrogen and oxygen atoms in total. The molecule has 2 N–H and O–H groups in total. The van der Waals surface area contributed by atoms with Crippen molar-refractivity contribution < 1.29 is 4.42 Å². The summed E-state index contributed by atoms with van der Waals surface area (Å²) in [4.78, 5) is 23.2. The van der Waals surface area contributed by atoms with Crippen molar-refractivity contribution in [2.24, 2.45) is 0 Å². The minimum Gasteiger partial charge on any atom is -0.446 e. The fraction of sp³-hybridized carbons (Fsp3) is 0.500. The fourth-order valence-corrected chi connectivity index (χ4v) is 5.54. The number of nitrogens with zero attached hydrogens (tertiary/aromatic N) is 6. The molecule has 5 heterocycles. The van der Waals surface area contributed by atoms with Gasteiger partial charge in [0.1, 0.15) is 17.4 Å². The number of pyridine rings is 1. The standard InChI is InChI=1S/C24H30N8O/c1-16-19-13-28-24(29-21-7-6-18(12-27-21)31-10-8-25-9-11-31)30-23(19)32(17-4-2-3-5-17)22(16)20-14-26-15-33-20/h6-7,12-17,22,25H,2-5,8-11H2,1H3,(H,27,28,29,30). The molecule has 0 spiro atoms. The van der Waals surface area contributed by atoms with Crippen LogP contribution in [0.5, 0.6) is 0 Å². The number of anilines is 4. The first-order valence-electron chi connectivity index (χ1n) is 12.0. The smallest absolute Gasteiger partial charge is 0.230 e. The third kappa shape index (κ3) is 3.80. The highest BCUT2D eigenvalue weighted by atomic mass is 16.3. The highest BCUT2D eigenvalue weighted by molar-refractivity contribution is 5.62. The van der Waals surface area contributed by atoms with Crippen LogP contribution >= 0.6 is 0 Å². The van der Waals surface area contributed by atoms with Gasteiger partial charge in [-0.3, -0.25) is 0 Å². The number of hydrogen-bond acceptors (Lipinski definition) is 9. The maximum Gasteiger partial charge on any atom is 0.230 e. The van der Waals surface area contributed by atoms with Gasteiger partial charge < -0.3 is 24.9 Å². The normalized spacial score (nSPS) is 23.2. The summed E-state index contributed by atoms with van der Waals surface area (Å²) in [5, 5.41) is 6.70. The third-order valence-electron chi connectivity index (χ3n) is 7.24. The highest BCUT2D eigenvalue weighted by Crippen LogP contribution is 2.50. The molecule has 1 saturated heterocycles. The van der Waals surface area contributed by atoms with Crippen LogP contribution in [0.3, 0.4) is 0 Å². The van der Waals surface area contributed by atoms with Gasteiger partial charge in [-0.1, -0.05) is 19.8 Å². The molecule has 2 unspecified atom stereocenters. The largest absolute Gasteiger partial charge is 0.446 e. The highest BCUT2D eigenvalue weighted by Gasteiger charge is 2.44. The van der Waals surface area contributed by atoms with Crippen LogP contribution in [-0.4, -0.2) is 52.2 Å². The van der Waals surface area contributed by atoms with Crippen LogP contribution in [0.25, 0.3) is 0 Å². The Kier molecular flexibility index (Phi) is 5.33. The van der Waals surface area contributed by atoms with Gasteiger partial charge in [-0.2, -0.15) is 4.98 Å². The Morgan fingerprint density at radius 1 is 1.06 bits per heavy atom. The number of rotatable bonds is 5. The molecular weight excluding hydrogens is 416 g/mol. The molecule has 1 saturated carbocycles. The summed E-state index contributed by atoms with van der Waals surface area (Å²) in [7, 11) is 0. The molecular formula is C24H30N8O.